The van der Waals surface area contributed by atoms with Crippen molar-refractivity contribution in [2.45, 2.75) is 26.2 Å². The van der Waals surface area contributed by atoms with Gasteiger partial charge in [-0.05, 0) is 11.5 Å². The smallest absolute Gasteiger partial charge is 0.339 e. The first-order chi connectivity index (χ1) is 6.86. The molecule has 0 atom stereocenters. The maximum Gasteiger partial charge on any atom is 0.339 e. The van der Waals surface area contributed by atoms with E-state index >= 15 is 0 Å². The monoisotopic (exact) mass is 208 g/mol. The molecule has 1 aromatic heterocycles. The number of nitrogens with zero attached hydrogens (tertiary/aromatic N) is 1. The van der Waals surface area contributed by atoms with Gasteiger partial charge in [0.1, 0.15) is 5.82 Å². The van der Waals surface area contributed by atoms with Crippen molar-refractivity contribution in [2.24, 2.45) is 0 Å². The van der Waals surface area contributed by atoms with E-state index in [0.717, 1.165) is 5.56 Å². The summed E-state index contributed by atoms with van der Waals surface area (Å²) >= 11 is 0. The quantitative estimate of drug-likeness (QED) is 0.714. The molecule has 82 valence electrons. The minimum Gasteiger partial charge on any atom is -0.465 e. The summed E-state index contributed by atoms with van der Waals surface area (Å²) in [6.07, 6.45) is 1.43. The third kappa shape index (κ3) is 2.46. The Hall–Kier alpha value is -1.58. The van der Waals surface area contributed by atoms with Crippen LogP contribution in [-0.4, -0.2) is 18.1 Å². The molecule has 0 radical (unpaired) electrons. The third-order valence-electron chi connectivity index (χ3n) is 2.15. The molecular weight excluding hydrogens is 192 g/mol. The van der Waals surface area contributed by atoms with Crippen LogP contribution in [0, 0.1) is 0 Å². The van der Waals surface area contributed by atoms with Gasteiger partial charge in [-0.1, -0.05) is 20.8 Å². The summed E-state index contributed by atoms with van der Waals surface area (Å²) in [5, 5.41) is 0. The van der Waals surface area contributed by atoms with Gasteiger partial charge >= 0.3 is 5.97 Å². The number of rotatable bonds is 1. The van der Waals surface area contributed by atoms with E-state index in [4.69, 9.17) is 5.73 Å². The number of carbonyl (C=O) groups excluding carboxylic acids is 1. The van der Waals surface area contributed by atoms with E-state index in [1.165, 1.54) is 13.3 Å². The summed E-state index contributed by atoms with van der Waals surface area (Å²) in [6, 6.07) is 1.73. The van der Waals surface area contributed by atoms with E-state index < -0.39 is 5.97 Å². The number of pyridine rings is 1. The van der Waals surface area contributed by atoms with Crippen LogP contribution >= 0.6 is 0 Å². The number of aromatic nitrogens is 1. The summed E-state index contributed by atoms with van der Waals surface area (Å²) < 4.78 is 4.62. The van der Waals surface area contributed by atoms with Crippen LogP contribution in [0.25, 0.3) is 0 Å². The summed E-state index contributed by atoms with van der Waals surface area (Å²) in [5.74, 6) is 0.0585. The highest BCUT2D eigenvalue weighted by atomic mass is 16.5. The molecule has 15 heavy (non-hydrogen) atoms. The van der Waals surface area contributed by atoms with Gasteiger partial charge in [-0.3, -0.25) is 0 Å². The average Bonchev–Trinajstić information content (AvgIpc) is 2.15. The molecule has 0 spiro atoms. The summed E-state index contributed by atoms with van der Waals surface area (Å²) in [4.78, 5) is 15.3. The predicted octanol–water partition coefficient (Wildman–Crippen LogP) is 1.75. The highest BCUT2D eigenvalue weighted by Crippen LogP contribution is 2.27. The van der Waals surface area contributed by atoms with Gasteiger partial charge in [0.25, 0.3) is 0 Å². The van der Waals surface area contributed by atoms with Crippen molar-refractivity contribution in [3.8, 4) is 0 Å². The Labute approximate surface area is 89.5 Å². The minimum absolute atomic E-state index is 0.138. The highest BCUT2D eigenvalue weighted by Gasteiger charge is 2.20. The summed E-state index contributed by atoms with van der Waals surface area (Å²) in [6.45, 7) is 6.05. The lowest BCUT2D eigenvalue weighted by molar-refractivity contribution is 0.0600. The van der Waals surface area contributed by atoms with Crippen molar-refractivity contribution in [1.82, 2.24) is 4.98 Å². The van der Waals surface area contributed by atoms with Crippen molar-refractivity contribution in [2.75, 3.05) is 12.8 Å². The number of nitrogen functional groups attached to an aromatic ring is 1. The number of esters is 1. The Morgan fingerprint density at radius 1 is 1.47 bits per heavy atom. The molecule has 0 aromatic carbocycles. The van der Waals surface area contributed by atoms with Crippen molar-refractivity contribution in [3.05, 3.63) is 23.4 Å². The molecule has 1 aromatic rings. The molecule has 1 rings (SSSR count). The van der Waals surface area contributed by atoms with E-state index in [2.05, 4.69) is 9.72 Å². The van der Waals surface area contributed by atoms with E-state index in [-0.39, 0.29) is 5.41 Å². The lowest BCUT2D eigenvalue weighted by Gasteiger charge is -2.20. The largest absolute Gasteiger partial charge is 0.465 e. The van der Waals surface area contributed by atoms with Gasteiger partial charge in [-0.2, -0.15) is 0 Å². The van der Waals surface area contributed by atoms with Crippen LogP contribution in [0.4, 0.5) is 5.82 Å². The summed E-state index contributed by atoms with van der Waals surface area (Å²) in [5.41, 5.74) is 6.90. The van der Waals surface area contributed by atoms with E-state index in [1.54, 1.807) is 6.07 Å². The number of anilines is 1. The molecule has 0 saturated heterocycles. The van der Waals surface area contributed by atoms with Crippen LogP contribution in [0.3, 0.4) is 0 Å². The molecule has 0 aliphatic heterocycles. The van der Waals surface area contributed by atoms with Gasteiger partial charge in [0.05, 0.1) is 12.7 Å². The number of carbonyl (C=O) groups is 1. The van der Waals surface area contributed by atoms with Crippen molar-refractivity contribution < 1.29 is 9.53 Å². The Morgan fingerprint density at radius 2 is 2.07 bits per heavy atom. The molecule has 0 amide bonds. The fourth-order valence-corrected chi connectivity index (χ4v) is 1.31. The highest BCUT2D eigenvalue weighted by molar-refractivity contribution is 5.89. The Balaban J connectivity index is 3.23. The molecule has 4 nitrogen and oxygen atoms in total. The maximum atomic E-state index is 11.3. The number of hydrogen-bond acceptors (Lipinski definition) is 4. The predicted molar refractivity (Wildman–Crippen MR) is 58.7 cm³/mol. The molecule has 0 fully saturated rings. The van der Waals surface area contributed by atoms with E-state index in [1.807, 2.05) is 20.8 Å². The maximum absolute atomic E-state index is 11.3. The first-order valence-corrected chi connectivity index (χ1v) is 4.70. The first-order valence-electron chi connectivity index (χ1n) is 4.70. The second-order valence-electron chi connectivity index (χ2n) is 4.40. The van der Waals surface area contributed by atoms with Crippen molar-refractivity contribution in [1.29, 1.82) is 0 Å². The van der Waals surface area contributed by atoms with Crippen LogP contribution in [0.1, 0.15) is 36.7 Å². The zero-order valence-electron chi connectivity index (χ0n) is 9.50. The lowest BCUT2D eigenvalue weighted by Crippen LogP contribution is -2.16. The second kappa shape index (κ2) is 3.88. The molecular formula is C11H16N2O2. The minimum atomic E-state index is -0.395. The SMILES string of the molecule is COC(=O)c1cnc(N)c(C(C)(C)C)c1. The van der Waals surface area contributed by atoms with Gasteiger partial charge in [0.15, 0.2) is 0 Å². The normalized spacial score (nSPS) is 11.2. The fourth-order valence-electron chi connectivity index (χ4n) is 1.31. The van der Waals surface area contributed by atoms with Crippen molar-refractivity contribution in [3.63, 3.8) is 0 Å². The van der Waals surface area contributed by atoms with Gasteiger partial charge in [0.2, 0.25) is 0 Å². The molecule has 4 heteroatoms. The zero-order valence-corrected chi connectivity index (χ0v) is 9.50. The van der Waals surface area contributed by atoms with Crippen LogP contribution in [0.2, 0.25) is 0 Å². The lowest BCUT2D eigenvalue weighted by atomic mass is 9.86. The third-order valence-corrected chi connectivity index (χ3v) is 2.15. The fraction of sp³-hybridized carbons (Fsp3) is 0.455. The summed E-state index contributed by atoms with van der Waals surface area (Å²) in [7, 11) is 1.34. The molecule has 2 N–H and O–H groups in total. The molecule has 0 aliphatic rings. The Bertz CT molecular complexity index is 381. The number of hydrogen-bond donors (Lipinski definition) is 1. The molecule has 0 bridgehead atoms. The molecule has 0 unspecified atom stereocenters. The Morgan fingerprint density at radius 3 is 2.53 bits per heavy atom. The van der Waals surface area contributed by atoms with E-state index in [0.29, 0.717) is 11.4 Å². The van der Waals surface area contributed by atoms with Gasteiger partial charge in [0, 0.05) is 11.8 Å². The standard InChI is InChI=1S/C11H16N2O2/c1-11(2,3)8-5-7(10(14)15-4)6-13-9(8)12/h5-6H,1-4H3,(H2,12,13). The van der Waals surface area contributed by atoms with Crippen LogP contribution in [0.15, 0.2) is 12.3 Å². The van der Waals surface area contributed by atoms with Gasteiger partial charge in [-0.15, -0.1) is 0 Å². The Kier molecular flexibility index (Phi) is 2.98. The van der Waals surface area contributed by atoms with Crippen molar-refractivity contribution >= 4 is 11.8 Å². The van der Waals surface area contributed by atoms with Crippen LogP contribution in [0.5, 0.6) is 0 Å². The molecule has 0 aliphatic carbocycles. The molecule has 0 saturated carbocycles. The molecule has 1 heterocycles. The topological polar surface area (TPSA) is 65.2 Å². The first kappa shape index (κ1) is 11.5. The zero-order chi connectivity index (χ0) is 11.6. The van der Waals surface area contributed by atoms with E-state index in [9.17, 15) is 4.79 Å². The second-order valence-corrected chi connectivity index (χ2v) is 4.40. The van der Waals surface area contributed by atoms with Gasteiger partial charge in [-0.25, -0.2) is 9.78 Å². The number of ether oxygens (including phenoxy) is 1. The van der Waals surface area contributed by atoms with Gasteiger partial charge < -0.3 is 10.5 Å². The average molecular weight is 208 g/mol. The number of nitrogens with two attached hydrogens (primary N) is 1. The van der Waals surface area contributed by atoms with Crippen LogP contribution in [-0.2, 0) is 10.2 Å². The number of methoxy groups -OCH3 is 1. The van der Waals surface area contributed by atoms with Crippen LogP contribution < -0.4 is 5.73 Å².